The minimum absolute atomic E-state index is 0.0595. The van der Waals surface area contributed by atoms with Gasteiger partial charge in [-0.3, -0.25) is 14.3 Å². The molecule has 0 spiro atoms. The number of nitrogens with zero attached hydrogens (tertiary/aromatic N) is 1. The molecule has 5 rings (SSSR count). The Balaban J connectivity index is 1.46. The Morgan fingerprint density at radius 1 is 1.03 bits per heavy atom. The molecule has 1 N–H and O–H groups in total. The molecule has 7 nitrogen and oxygen atoms in total. The predicted octanol–water partition coefficient (Wildman–Crippen LogP) is 3.96. The lowest BCUT2D eigenvalue weighted by Gasteiger charge is -2.41. The lowest BCUT2D eigenvalue weighted by molar-refractivity contribution is -0.165. The van der Waals surface area contributed by atoms with Gasteiger partial charge in [0.05, 0.1) is 25.9 Å². The number of aromatic nitrogens is 2. The fourth-order valence-electron chi connectivity index (χ4n) is 5.48. The highest BCUT2D eigenvalue weighted by Gasteiger charge is 2.61. The number of aromatic amines is 1. The highest BCUT2D eigenvalue weighted by Crippen LogP contribution is 2.54. The summed E-state index contributed by atoms with van der Waals surface area (Å²) in [5.41, 5.74) is 1.12. The highest BCUT2D eigenvalue weighted by molar-refractivity contribution is 5.16. The molecule has 7 heteroatoms. The normalized spacial score (nSPS) is 27.7. The second kappa shape index (κ2) is 9.93. The van der Waals surface area contributed by atoms with Crippen molar-refractivity contribution in [2.24, 2.45) is 11.8 Å². The second-order valence-corrected chi connectivity index (χ2v) is 9.84. The third-order valence-corrected chi connectivity index (χ3v) is 7.38. The maximum Gasteiger partial charge on any atom is 0.330 e. The zero-order valence-corrected chi connectivity index (χ0v) is 20.2. The molecule has 2 fully saturated rings. The second-order valence-electron chi connectivity index (χ2n) is 9.84. The van der Waals surface area contributed by atoms with Gasteiger partial charge >= 0.3 is 5.69 Å². The molecule has 5 atom stereocenters. The van der Waals surface area contributed by atoms with Crippen LogP contribution in [0.1, 0.15) is 42.7 Å². The fraction of sp³-hybridized carbons (Fsp3) is 0.429. The van der Waals surface area contributed by atoms with Gasteiger partial charge in [-0.1, -0.05) is 67.6 Å². The number of nitrogens with one attached hydrogen (secondary N) is 1. The molecule has 1 aliphatic carbocycles. The number of H-pyrrole nitrogens is 1. The van der Waals surface area contributed by atoms with Gasteiger partial charge < -0.3 is 14.2 Å². The molecular formula is C28H32N2O5. The molecular weight excluding hydrogens is 444 g/mol. The molecule has 1 aromatic heterocycles. The Morgan fingerprint density at radius 2 is 1.69 bits per heavy atom. The van der Waals surface area contributed by atoms with Crippen molar-refractivity contribution in [3.8, 4) is 0 Å². The average molecular weight is 477 g/mol. The summed E-state index contributed by atoms with van der Waals surface area (Å²) >= 11 is 0. The van der Waals surface area contributed by atoms with Gasteiger partial charge in [-0.25, -0.2) is 4.79 Å². The van der Waals surface area contributed by atoms with Crippen molar-refractivity contribution >= 4 is 0 Å². The Morgan fingerprint density at radius 3 is 2.37 bits per heavy atom. The molecule has 2 bridgehead atoms. The molecule has 0 radical (unpaired) electrons. The third kappa shape index (κ3) is 4.76. The summed E-state index contributed by atoms with van der Waals surface area (Å²) < 4.78 is 21.1. The summed E-state index contributed by atoms with van der Waals surface area (Å²) in [4.78, 5) is 27.3. The van der Waals surface area contributed by atoms with Crippen LogP contribution >= 0.6 is 0 Å². The summed E-state index contributed by atoms with van der Waals surface area (Å²) in [6.07, 6.45) is 2.51. The van der Waals surface area contributed by atoms with E-state index in [-0.39, 0.29) is 23.5 Å². The molecule has 35 heavy (non-hydrogen) atoms. The molecule has 0 amide bonds. The standard InChI is InChI=1S/C28H32N2O5/c1-19-13-14-28(18-33-16-21-9-5-3-6-10-21)24(34-17-22-11-7-4-8-12-22)23(19)26(35-28)30-15-20(2)25(31)29-27(30)32/h3-12,15,19,23-24,26H,13-14,16-18H2,1-2H3,(H,29,31,32)/t19-,23+,24-,26+,28+/m0/s1. The van der Waals surface area contributed by atoms with E-state index < -0.39 is 17.5 Å². The van der Waals surface area contributed by atoms with Crippen LogP contribution in [0.3, 0.4) is 0 Å². The van der Waals surface area contributed by atoms with Gasteiger partial charge in [0.2, 0.25) is 0 Å². The molecule has 1 saturated heterocycles. The Hall–Kier alpha value is -3.00. The van der Waals surface area contributed by atoms with E-state index in [0.29, 0.717) is 25.4 Å². The number of ether oxygens (including phenoxy) is 3. The van der Waals surface area contributed by atoms with Crippen LogP contribution in [0.2, 0.25) is 0 Å². The van der Waals surface area contributed by atoms with Crippen LogP contribution in [0, 0.1) is 18.8 Å². The molecule has 1 saturated carbocycles. The van der Waals surface area contributed by atoms with Crippen LogP contribution in [0.4, 0.5) is 0 Å². The maximum absolute atomic E-state index is 12.8. The van der Waals surface area contributed by atoms with Crippen LogP contribution in [-0.2, 0) is 27.4 Å². The number of hydrogen-bond acceptors (Lipinski definition) is 5. The summed E-state index contributed by atoms with van der Waals surface area (Å²) in [5.74, 6) is 0.209. The van der Waals surface area contributed by atoms with E-state index in [0.717, 1.165) is 24.0 Å². The maximum atomic E-state index is 12.8. The van der Waals surface area contributed by atoms with Gasteiger partial charge in [-0.05, 0) is 36.8 Å². The number of fused-ring (bicyclic) bond motifs is 2. The van der Waals surface area contributed by atoms with E-state index in [1.807, 2.05) is 60.7 Å². The minimum Gasteiger partial charge on any atom is -0.374 e. The largest absolute Gasteiger partial charge is 0.374 e. The first-order valence-electron chi connectivity index (χ1n) is 12.2. The van der Waals surface area contributed by atoms with Crippen LogP contribution < -0.4 is 11.2 Å². The summed E-state index contributed by atoms with van der Waals surface area (Å²) in [7, 11) is 0. The van der Waals surface area contributed by atoms with Crippen molar-refractivity contribution in [3.05, 3.63) is 104 Å². The van der Waals surface area contributed by atoms with Crippen molar-refractivity contribution in [2.45, 2.75) is 57.8 Å². The molecule has 1 aliphatic heterocycles. The molecule has 2 heterocycles. The van der Waals surface area contributed by atoms with Gasteiger partial charge in [0, 0.05) is 17.7 Å². The van der Waals surface area contributed by atoms with Crippen molar-refractivity contribution in [1.82, 2.24) is 9.55 Å². The minimum atomic E-state index is -0.686. The molecule has 0 unspecified atom stereocenters. The lowest BCUT2D eigenvalue weighted by atomic mass is 9.72. The van der Waals surface area contributed by atoms with Gasteiger partial charge in [0.25, 0.3) is 5.56 Å². The third-order valence-electron chi connectivity index (χ3n) is 7.38. The topological polar surface area (TPSA) is 82.6 Å². The van der Waals surface area contributed by atoms with Crippen LogP contribution in [0.25, 0.3) is 0 Å². The van der Waals surface area contributed by atoms with E-state index in [1.54, 1.807) is 13.1 Å². The predicted molar refractivity (Wildman–Crippen MR) is 132 cm³/mol. The van der Waals surface area contributed by atoms with Gasteiger partial charge in [-0.15, -0.1) is 0 Å². The van der Waals surface area contributed by atoms with Crippen molar-refractivity contribution in [3.63, 3.8) is 0 Å². The van der Waals surface area contributed by atoms with Crippen LogP contribution in [0.15, 0.2) is 76.4 Å². The first kappa shape index (κ1) is 23.7. The first-order valence-corrected chi connectivity index (χ1v) is 12.2. The van der Waals surface area contributed by atoms with Crippen LogP contribution in [-0.4, -0.2) is 27.9 Å². The monoisotopic (exact) mass is 476 g/mol. The van der Waals surface area contributed by atoms with Crippen molar-refractivity contribution in [1.29, 1.82) is 0 Å². The number of aryl methyl sites for hydroxylation is 1. The number of hydrogen-bond donors (Lipinski definition) is 1. The zero-order chi connectivity index (χ0) is 24.4. The zero-order valence-electron chi connectivity index (χ0n) is 20.2. The van der Waals surface area contributed by atoms with Crippen molar-refractivity contribution in [2.75, 3.05) is 6.61 Å². The Labute approximate surface area is 204 Å². The van der Waals surface area contributed by atoms with Crippen LogP contribution in [0.5, 0.6) is 0 Å². The highest BCUT2D eigenvalue weighted by atomic mass is 16.6. The summed E-state index contributed by atoms with van der Waals surface area (Å²) in [5, 5.41) is 0. The van der Waals surface area contributed by atoms with Crippen molar-refractivity contribution < 1.29 is 14.2 Å². The van der Waals surface area contributed by atoms with Gasteiger partial charge in [-0.2, -0.15) is 0 Å². The SMILES string of the molecule is Cc1cn([C@@H]2O[C@@]3(COCc4ccccc4)CC[C@H](C)[C@@H]2[C@@H]3OCc2ccccc2)c(=O)[nH]c1=O. The average Bonchev–Trinajstić information content (AvgIpc) is 3.10. The Bertz CT molecular complexity index is 1260. The first-order chi connectivity index (χ1) is 17.0. The van der Waals surface area contributed by atoms with Gasteiger partial charge in [0.15, 0.2) is 0 Å². The van der Waals surface area contributed by atoms with E-state index in [2.05, 4.69) is 11.9 Å². The van der Waals surface area contributed by atoms with E-state index in [9.17, 15) is 9.59 Å². The fourth-order valence-corrected chi connectivity index (χ4v) is 5.48. The smallest absolute Gasteiger partial charge is 0.330 e. The molecule has 3 aromatic rings. The van der Waals surface area contributed by atoms with E-state index in [4.69, 9.17) is 14.2 Å². The van der Waals surface area contributed by atoms with E-state index in [1.165, 1.54) is 4.57 Å². The summed E-state index contributed by atoms with van der Waals surface area (Å²) in [6.45, 7) is 5.16. The molecule has 2 aliphatic rings. The number of benzene rings is 2. The summed E-state index contributed by atoms with van der Waals surface area (Å²) in [6, 6.07) is 20.1. The molecule has 184 valence electrons. The van der Waals surface area contributed by atoms with E-state index >= 15 is 0 Å². The van der Waals surface area contributed by atoms with Gasteiger partial charge in [0.1, 0.15) is 11.8 Å². The Kier molecular flexibility index (Phi) is 6.73. The lowest BCUT2D eigenvalue weighted by Crippen LogP contribution is -2.51. The number of rotatable bonds is 8. The molecule has 2 aromatic carbocycles. The quantitative estimate of drug-likeness (QED) is 0.532.